The number of aromatic nitrogens is 1. The lowest BCUT2D eigenvalue weighted by Gasteiger charge is -2.30. The van der Waals surface area contributed by atoms with E-state index in [1.54, 1.807) is 12.1 Å². The fourth-order valence-electron chi connectivity index (χ4n) is 4.50. The number of hydrogen-bond donors (Lipinski definition) is 2. The molecule has 32 heavy (non-hydrogen) atoms. The molecule has 2 N–H and O–H groups in total. The van der Waals surface area contributed by atoms with Gasteiger partial charge in [0.2, 0.25) is 11.8 Å². The SMILES string of the molecule is O=C(CCN1C(=O)NC2(CCCCC2)C1=O)Nc1ccc(-c2nc3ccccc3o2)cc1. The summed E-state index contributed by atoms with van der Waals surface area (Å²) in [7, 11) is 0. The maximum Gasteiger partial charge on any atom is 0.325 e. The van der Waals surface area contributed by atoms with E-state index in [1.807, 2.05) is 36.4 Å². The van der Waals surface area contributed by atoms with Crippen LogP contribution < -0.4 is 10.6 Å². The Kier molecular flexibility index (Phi) is 5.13. The first kappa shape index (κ1) is 20.2. The lowest BCUT2D eigenvalue weighted by molar-refractivity contribution is -0.132. The highest BCUT2D eigenvalue weighted by Gasteiger charge is 2.51. The van der Waals surface area contributed by atoms with Crippen LogP contribution in [0.2, 0.25) is 0 Å². The van der Waals surface area contributed by atoms with Crippen LogP contribution in [0.25, 0.3) is 22.6 Å². The van der Waals surface area contributed by atoms with Crippen molar-refractivity contribution in [1.29, 1.82) is 0 Å². The number of anilines is 1. The summed E-state index contributed by atoms with van der Waals surface area (Å²) in [4.78, 5) is 43.2. The molecule has 0 radical (unpaired) electrons. The molecule has 1 aliphatic carbocycles. The third-order valence-electron chi connectivity index (χ3n) is 6.22. The van der Waals surface area contributed by atoms with E-state index < -0.39 is 11.6 Å². The minimum atomic E-state index is -0.758. The number of urea groups is 1. The van der Waals surface area contributed by atoms with Crippen LogP contribution in [0, 0.1) is 0 Å². The number of carbonyl (C=O) groups is 3. The lowest BCUT2D eigenvalue weighted by atomic mass is 9.82. The fourth-order valence-corrected chi connectivity index (χ4v) is 4.50. The standard InChI is InChI=1S/C24H24N4O4/c29-20(12-15-28-22(30)24(27-23(28)31)13-4-1-5-14-24)25-17-10-8-16(9-11-17)21-26-18-6-2-3-7-19(18)32-21/h2-3,6-11H,1,4-5,12-15H2,(H,25,29)(H,27,31). The molecule has 3 aromatic rings. The second kappa shape index (κ2) is 8.11. The largest absolute Gasteiger partial charge is 0.436 e. The molecule has 8 nitrogen and oxygen atoms in total. The Morgan fingerprint density at radius 1 is 1.06 bits per heavy atom. The van der Waals surface area contributed by atoms with Gasteiger partial charge in [-0.3, -0.25) is 14.5 Å². The summed E-state index contributed by atoms with van der Waals surface area (Å²) in [5, 5.41) is 5.68. The van der Waals surface area contributed by atoms with Crippen molar-refractivity contribution in [2.75, 3.05) is 11.9 Å². The first-order chi connectivity index (χ1) is 15.5. The summed E-state index contributed by atoms with van der Waals surface area (Å²) in [6, 6.07) is 14.3. The third-order valence-corrected chi connectivity index (χ3v) is 6.22. The Balaban J connectivity index is 1.18. The quantitative estimate of drug-likeness (QED) is 0.591. The predicted molar refractivity (Wildman–Crippen MR) is 119 cm³/mol. The fraction of sp³-hybridized carbons (Fsp3) is 0.333. The van der Waals surface area contributed by atoms with E-state index in [9.17, 15) is 14.4 Å². The predicted octanol–water partition coefficient (Wildman–Crippen LogP) is 4.08. The number of carbonyl (C=O) groups excluding carboxylic acids is 3. The molecular formula is C24H24N4O4. The molecule has 2 aliphatic rings. The summed E-state index contributed by atoms with van der Waals surface area (Å²) in [5.74, 6) is 0.0572. The van der Waals surface area contributed by atoms with E-state index in [0.717, 1.165) is 35.9 Å². The summed E-state index contributed by atoms with van der Waals surface area (Å²) in [6.45, 7) is 0.0687. The number of hydrogen-bond acceptors (Lipinski definition) is 5. The van der Waals surface area contributed by atoms with Crippen molar-refractivity contribution in [3.63, 3.8) is 0 Å². The molecule has 2 aromatic carbocycles. The van der Waals surface area contributed by atoms with Crippen molar-refractivity contribution in [3.8, 4) is 11.5 Å². The van der Waals surface area contributed by atoms with Crippen LogP contribution in [0.1, 0.15) is 38.5 Å². The van der Waals surface area contributed by atoms with Crippen LogP contribution in [-0.4, -0.2) is 39.8 Å². The highest BCUT2D eigenvalue weighted by atomic mass is 16.3. The minimum absolute atomic E-state index is 0.0438. The second-order valence-corrected chi connectivity index (χ2v) is 8.39. The van der Waals surface area contributed by atoms with E-state index in [-0.39, 0.29) is 24.8 Å². The van der Waals surface area contributed by atoms with Crippen molar-refractivity contribution in [1.82, 2.24) is 15.2 Å². The summed E-state index contributed by atoms with van der Waals surface area (Å²) >= 11 is 0. The van der Waals surface area contributed by atoms with Crippen LogP contribution in [0.15, 0.2) is 52.9 Å². The first-order valence-electron chi connectivity index (χ1n) is 10.9. The van der Waals surface area contributed by atoms with Gasteiger partial charge < -0.3 is 15.1 Å². The zero-order valence-electron chi connectivity index (χ0n) is 17.6. The first-order valence-corrected chi connectivity index (χ1v) is 10.9. The Morgan fingerprint density at radius 2 is 1.81 bits per heavy atom. The number of para-hydroxylation sites is 2. The van der Waals surface area contributed by atoms with Crippen LogP contribution in [0.4, 0.5) is 10.5 Å². The van der Waals surface area contributed by atoms with Gasteiger partial charge in [-0.2, -0.15) is 0 Å². The molecule has 5 rings (SSSR count). The van der Waals surface area contributed by atoms with Gasteiger partial charge in [0.25, 0.3) is 5.91 Å². The van der Waals surface area contributed by atoms with Crippen molar-refractivity contribution in [2.45, 2.75) is 44.1 Å². The third kappa shape index (κ3) is 3.72. The maximum absolute atomic E-state index is 12.8. The number of fused-ring (bicyclic) bond motifs is 1. The Morgan fingerprint density at radius 3 is 2.56 bits per heavy atom. The van der Waals surface area contributed by atoms with Gasteiger partial charge in [0.15, 0.2) is 5.58 Å². The van der Waals surface area contributed by atoms with Crippen molar-refractivity contribution in [2.24, 2.45) is 0 Å². The van der Waals surface area contributed by atoms with E-state index in [1.165, 1.54) is 4.90 Å². The zero-order valence-corrected chi connectivity index (χ0v) is 17.6. The van der Waals surface area contributed by atoms with Gasteiger partial charge in [0.1, 0.15) is 11.1 Å². The van der Waals surface area contributed by atoms with E-state index >= 15 is 0 Å². The average molecular weight is 432 g/mol. The number of nitrogens with one attached hydrogen (secondary N) is 2. The molecule has 1 aromatic heterocycles. The minimum Gasteiger partial charge on any atom is -0.436 e. The molecule has 0 unspecified atom stereocenters. The Bertz CT molecular complexity index is 1150. The van der Waals surface area contributed by atoms with Gasteiger partial charge in [-0.15, -0.1) is 0 Å². The van der Waals surface area contributed by atoms with Gasteiger partial charge in [0, 0.05) is 24.2 Å². The molecule has 8 heteroatoms. The molecule has 1 saturated carbocycles. The van der Waals surface area contributed by atoms with Crippen LogP contribution in [-0.2, 0) is 9.59 Å². The maximum atomic E-state index is 12.8. The monoisotopic (exact) mass is 432 g/mol. The highest BCUT2D eigenvalue weighted by Crippen LogP contribution is 2.33. The number of oxazole rings is 1. The van der Waals surface area contributed by atoms with Crippen molar-refractivity contribution in [3.05, 3.63) is 48.5 Å². The molecule has 2 fully saturated rings. The van der Waals surface area contributed by atoms with Gasteiger partial charge in [-0.1, -0.05) is 31.4 Å². The van der Waals surface area contributed by atoms with Crippen molar-refractivity contribution < 1.29 is 18.8 Å². The number of rotatable bonds is 5. The van der Waals surface area contributed by atoms with E-state index in [0.29, 0.717) is 24.4 Å². The van der Waals surface area contributed by atoms with Crippen LogP contribution >= 0.6 is 0 Å². The molecule has 4 amide bonds. The van der Waals surface area contributed by atoms with E-state index in [4.69, 9.17) is 4.42 Å². The number of imide groups is 1. The van der Waals surface area contributed by atoms with Crippen LogP contribution in [0.3, 0.4) is 0 Å². The van der Waals surface area contributed by atoms with Gasteiger partial charge >= 0.3 is 6.03 Å². The lowest BCUT2D eigenvalue weighted by Crippen LogP contribution is -2.48. The number of benzene rings is 2. The molecule has 0 atom stereocenters. The number of amides is 4. The Labute approximate surface area is 185 Å². The normalized spacial score (nSPS) is 17.7. The van der Waals surface area contributed by atoms with Crippen molar-refractivity contribution >= 4 is 34.6 Å². The molecule has 0 bridgehead atoms. The second-order valence-electron chi connectivity index (χ2n) is 8.39. The molecule has 2 heterocycles. The topological polar surface area (TPSA) is 105 Å². The summed E-state index contributed by atoms with van der Waals surface area (Å²) in [6.07, 6.45) is 4.33. The molecule has 164 valence electrons. The van der Waals surface area contributed by atoms with E-state index in [2.05, 4.69) is 15.6 Å². The molecule has 1 saturated heterocycles. The summed E-state index contributed by atoms with van der Waals surface area (Å²) < 4.78 is 5.76. The average Bonchev–Trinajstić information content (AvgIpc) is 3.33. The Hall–Kier alpha value is -3.68. The number of nitrogens with zero attached hydrogens (tertiary/aromatic N) is 2. The van der Waals surface area contributed by atoms with Gasteiger partial charge in [-0.05, 0) is 49.2 Å². The molecule has 1 spiro atoms. The van der Waals surface area contributed by atoms with Gasteiger partial charge in [0.05, 0.1) is 0 Å². The van der Waals surface area contributed by atoms with Gasteiger partial charge in [-0.25, -0.2) is 9.78 Å². The molecule has 1 aliphatic heterocycles. The zero-order chi connectivity index (χ0) is 22.1. The summed E-state index contributed by atoms with van der Waals surface area (Å²) in [5.41, 5.74) is 2.17. The smallest absolute Gasteiger partial charge is 0.325 e. The van der Waals surface area contributed by atoms with Crippen LogP contribution in [0.5, 0.6) is 0 Å². The highest BCUT2D eigenvalue weighted by molar-refractivity contribution is 6.07. The molecular weight excluding hydrogens is 408 g/mol.